The van der Waals surface area contributed by atoms with Crippen LogP contribution >= 0.6 is 11.6 Å². The summed E-state index contributed by atoms with van der Waals surface area (Å²) in [6, 6.07) is 12.4. The number of nitrogens with two attached hydrogens (primary N) is 1. The number of halogens is 4. The Hall–Kier alpha value is -2.88. The summed E-state index contributed by atoms with van der Waals surface area (Å²) in [5.74, 6) is -0.314. The number of aliphatic imine (C=N–C) groups is 1. The van der Waals surface area contributed by atoms with Crippen LogP contribution in [0.1, 0.15) is 15.9 Å². The molecule has 0 heterocycles. The third kappa shape index (κ3) is 6.81. The van der Waals surface area contributed by atoms with Gasteiger partial charge in [-0.1, -0.05) is 35.9 Å². The Morgan fingerprint density at radius 3 is 2.22 bits per heavy atom. The van der Waals surface area contributed by atoms with Crippen LogP contribution in [0.5, 0.6) is 0 Å². The quantitative estimate of drug-likeness (QED) is 0.454. The van der Waals surface area contributed by atoms with E-state index in [9.17, 15) is 18.0 Å². The van der Waals surface area contributed by atoms with E-state index >= 15 is 0 Å². The Kier molecular flexibility index (Phi) is 8.82. The Balaban J connectivity index is 2.39. The number of amides is 1. The van der Waals surface area contributed by atoms with Crippen molar-refractivity contribution in [1.29, 1.82) is 0 Å². The van der Waals surface area contributed by atoms with Crippen LogP contribution in [0.25, 0.3) is 0 Å². The molecule has 172 valence electrons. The zero-order valence-electron chi connectivity index (χ0n) is 17.7. The Bertz CT molecular complexity index is 988. The first kappa shape index (κ1) is 25.4. The monoisotopic (exact) mass is 469 g/mol. The average Bonchev–Trinajstić information content (AvgIpc) is 2.77. The maximum Gasteiger partial charge on any atom is 0.430 e. The molecule has 0 radical (unpaired) electrons. The second-order valence-electron chi connectivity index (χ2n) is 6.71. The van der Waals surface area contributed by atoms with Gasteiger partial charge in [-0.3, -0.25) is 4.79 Å². The smallest absolute Gasteiger partial charge is 0.395 e. The van der Waals surface area contributed by atoms with Gasteiger partial charge in [-0.05, 0) is 30.3 Å². The normalized spacial score (nSPS) is 12.9. The number of nitrogens with zero attached hydrogens (tertiary/aromatic N) is 2. The van der Waals surface area contributed by atoms with Gasteiger partial charge in [-0.15, -0.1) is 0 Å². The van der Waals surface area contributed by atoms with Crippen molar-refractivity contribution in [1.82, 2.24) is 4.90 Å². The van der Waals surface area contributed by atoms with E-state index in [1.165, 1.54) is 43.4 Å². The van der Waals surface area contributed by atoms with Gasteiger partial charge in [0.05, 0.1) is 23.0 Å². The van der Waals surface area contributed by atoms with Crippen molar-refractivity contribution in [3.63, 3.8) is 0 Å². The number of ether oxygens (including phenoxy) is 2. The van der Waals surface area contributed by atoms with Crippen molar-refractivity contribution >= 4 is 28.9 Å². The van der Waals surface area contributed by atoms with E-state index in [2.05, 4.69) is 4.99 Å². The van der Waals surface area contributed by atoms with Gasteiger partial charge in [-0.2, -0.15) is 13.2 Å². The second-order valence-corrected chi connectivity index (χ2v) is 7.12. The molecule has 2 rings (SSSR count). The minimum absolute atomic E-state index is 0.0564. The van der Waals surface area contributed by atoms with Gasteiger partial charge in [0.15, 0.2) is 6.29 Å². The molecule has 0 spiro atoms. The molecular formula is C22H23ClF3N3O3. The number of rotatable bonds is 8. The number of carbonyl (C=O) groups excluding carboxylic acids is 1. The Morgan fingerprint density at radius 1 is 1.12 bits per heavy atom. The van der Waals surface area contributed by atoms with E-state index in [-0.39, 0.29) is 28.9 Å². The highest BCUT2D eigenvalue weighted by atomic mass is 35.5. The van der Waals surface area contributed by atoms with E-state index in [4.69, 9.17) is 26.8 Å². The van der Waals surface area contributed by atoms with Crippen LogP contribution in [0.2, 0.25) is 5.02 Å². The molecule has 32 heavy (non-hydrogen) atoms. The highest BCUT2D eigenvalue weighted by Crippen LogP contribution is 2.27. The second kappa shape index (κ2) is 11.1. The molecule has 0 bridgehead atoms. The molecule has 0 fully saturated rings. The largest absolute Gasteiger partial charge is 0.430 e. The summed E-state index contributed by atoms with van der Waals surface area (Å²) >= 11 is 6.10. The third-order valence-corrected chi connectivity index (χ3v) is 4.76. The fourth-order valence-electron chi connectivity index (χ4n) is 2.64. The zero-order valence-corrected chi connectivity index (χ0v) is 18.4. The standard InChI is InChI=1S/C22H23ClF3N3O3/c1-29(13-20(31-2)32-3)21(30)15-10-8-14(9-11-15)18(12-19(27)22(24,25)26)28-17-7-5-4-6-16(17)23/h4-12,20H,13,27H2,1-3H3. The first-order valence-corrected chi connectivity index (χ1v) is 9.73. The summed E-state index contributed by atoms with van der Waals surface area (Å²) in [4.78, 5) is 18.3. The molecule has 2 aromatic rings. The SMILES string of the molecule is COC(CN(C)C(=O)c1ccc(C(C=C(N)C(F)(F)F)=Nc2ccccc2Cl)cc1)OC. The lowest BCUT2D eigenvalue weighted by molar-refractivity contribution is -0.110. The minimum Gasteiger partial charge on any atom is -0.395 e. The van der Waals surface area contributed by atoms with Gasteiger partial charge in [0.2, 0.25) is 0 Å². The molecular weight excluding hydrogens is 447 g/mol. The molecule has 0 aliphatic heterocycles. The molecule has 0 aliphatic rings. The first-order valence-electron chi connectivity index (χ1n) is 9.36. The van der Waals surface area contributed by atoms with Gasteiger partial charge in [0, 0.05) is 32.4 Å². The lowest BCUT2D eigenvalue weighted by Gasteiger charge is -2.22. The van der Waals surface area contributed by atoms with Gasteiger partial charge in [-0.25, -0.2) is 4.99 Å². The molecule has 0 aromatic heterocycles. The van der Waals surface area contributed by atoms with Crippen LogP contribution < -0.4 is 5.73 Å². The summed E-state index contributed by atoms with van der Waals surface area (Å²) in [5, 5.41) is 0.267. The predicted molar refractivity (Wildman–Crippen MR) is 117 cm³/mol. The number of para-hydroxylation sites is 1. The molecule has 10 heteroatoms. The number of benzene rings is 2. The van der Waals surface area contributed by atoms with E-state index in [1.54, 1.807) is 31.3 Å². The number of carbonyl (C=O) groups is 1. The summed E-state index contributed by atoms with van der Waals surface area (Å²) in [7, 11) is 4.50. The number of allylic oxidation sites excluding steroid dienone is 2. The zero-order chi connectivity index (χ0) is 23.9. The molecule has 1 amide bonds. The highest BCUT2D eigenvalue weighted by molar-refractivity contribution is 6.33. The van der Waals surface area contributed by atoms with Crippen LogP contribution in [-0.2, 0) is 9.47 Å². The molecule has 0 atom stereocenters. The van der Waals surface area contributed by atoms with E-state index in [1.807, 2.05) is 0 Å². The number of hydrogen-bond donors (Lipinski definition) is 1. The molecule has 0 aliphatic carbocycles. The number of methoxy groups -OCH3 is 2. The lowest BCUT2D eigenvalue weighted by Crippen LogP contribution is -2.36. The molecule has 0 unspecified atom stereocenters. The fourth-order valence-corrected chi connectivity index (χ4v) is 2.82. The van der Waals surface area contributed by atoms with Crippen LogP contribution in [0.4, 0.5) is 18.9 Å². The summed E-state index contributed by atoms with van der Waals surface area (Å²) in [6.07, 6.45) is -4.58. The first-order chi connectivity index (χ1) is 15.1. The predicted octanol–water partition coefficient (Wildman–Crippen LogP) is 4.56. The van der Waals surface area contributed by atoms with Crippen LogP contribution in [0.15, 0.2) is 65.3 Å². The molecule has 6 nitrogen and oxygen atoms in total. The summed E-state index contributed by atoms with van der Waals surface area (Å²) < 4.78 is 49.2. The van der Waals surface area contributed by atoms with Crippen molar-refractivity contribution in [2.45, 2.75) is 12.5 Å². The fraction of sp³-hybridized carbons (Fsp3) is 0.273. The number of likely N-dealkylation sites (N-methyl/N-ethyl adjacent to an activating group) is 1. The van der Waals surface area contributed by atoms with E-state index < -0.39 is 18.2 Å². The van der Waals surface area contributed by atoms with Crippen molar-refractivity contribution in [3.05, 3.63) is 76.5 Å². The lowest BCUT2D eigenvalue weighted by atomic mass is 10.1. The highest BCUT2D eigenvalue weighted by Gasteiger charge is 2.31. The Labute approximate surface area is 189 Å². The van der Waals surface area contributed by atoms with Gasteiger partial charge in [0.25, 0.3) is 5.91 Å². The third-order valence-electron chi connectivity index (χ3n) is 4.44. The molecule has 2 aromatic carbocycles. The van der Waals surface area contributed by atoms with Crippen molar-refractivity contribution in [3.8, 4) is 0 Å². The van der Waals surface area contributed by atoms with Crippen molar-refractivity contribution < 1.29 is 27.4 Å². The van der Waals surface area contributed by atoms with Gasteiger partial charge in [0.1, 0.15) is 5.70 Å². The van der Waals surface area contributed by atoms with Crippen LogP contribution in [0, 0.1) is 0 Å². The Morgan fingerprint density at radius 2 is 1.69 bits per heavy atom. The van der Waals surface area contributed by atoms with E-state index in [0.717, 1.165) is 6.08 Å². The van der Waals surface area contributed by atoms with Crippen molar-refractivity contribution in [2.75, 3.05) is 27.8 Å². The van der Waals surface area contributed by atoms with Crippen LogP contribution in [0.3, 0.4) is 0 Å². The maximum absolute atomic E-state index is 13.0. The van der Waals surface area contributed by atoms with Gasteiger partial charge >= 0.3 is 6.18 Å². The average molecular weight is 470 g/mol. The van der Waals surface area contributed by atoms with Gasteiger partial charge < -0.3 is 20.1 Å². The number of hydrogen-bond acceptors (Lipinski definition) is 5. The van der Waals surface area contributed by atoms with E-state index in [0.29, 0.717) is 11.1 Å². The molecule has 0 saturated carbocycles. The van der Waals surface area contributed by atoms with Crippen LogP contribution in [-0.4, -0.2) is 56.8 Å². The summed E-state index contributed by atoms with van der Waals surface area (Å²) in [6.45, 7) is 0.192. The minimum atomic E-state index is -4.72. The topological polar surface area (TPSA) is 77.2 Å². The molecule has 2 N–H and O–H groups in total. The molecule has 0 saturated heterocycles. The maximum atomic E-state index is 13.0. The number of alkyl halides is 3. The summed E-state index contributed by atoms with van der Waals surface area (Å²) in [5.41, 5.74) is 4.77. The van der Waals surface area contributed by atoms with Crippen molar-refractivity contribution in [2.24, 2.45) is 10.7 Å².